The highest BCUT2D eigenvalue weighted by Crippen LogP contribution is 2.30. The average molecular weight is 287 g/mol. The molecule has 2 unspecified atom stereocenters. The van der Waals surface area contributed by atoms with Crippen molar-refractivity contribution in [3.8, 4) is 0 Å². The third-order valence-electron chi connectivity index (χ3n) is 2.90. The molecule has 0 aliphatic carbocycles. The van der Waals surface area contributed by atoms with Gasteiger partial charge in [0, 0.05) is 11.8 Å². The summed E-state index contributed by atoms with van der Waals surface area (Å²) in [4.78, 5) is 24.4. The number of carboxylic acids is 1. The molecule has 1 amide bonds. The molecule has 1 saturated heterocycles. The van der Waals surface area contributed by atoms with Crippen molar-refractivity contribution in [3.63, 3.8) is 0 Å². The maximum absolute atomic E-state index is 13.6. The van der Waals surface area contributed by atoms with Crippen LogP contribution in [0.4, 0.5) is 8.78 Å². The average Bonchev–Trinajstić information content (AvgIpc) is 2.70. The Balaban J connectivity index is 2.34. The van der Waals surface area contributed by atoms with Crippen LogP contribution in [0.2, 0.25) is 0 Å². The predicted octanol–water partition coefficient (Wildman–Crippen LogP) is 1.95. The van der Waals surface area contributed by atoms with Crippen LogP contribution in [0.15, 0.2) is 18.2 Å². The molecular weight excluding hydrogens is 276 g/mol. The van der Waals surface area contributed by atoms with Crippen molar-refractivity contribution in [2.24, 2.45) is 0 Å². The van der Waals surface area contributed by atoms with Gasteiger partial charge in [0.1, 0.15) is 17.7 Å². The fraction of sp³-hybridized carbons (Fsp3) is 0.333. The van der Waals surface area contributed by atoms with Gasteiger partial charge in [0.15, 0.2) is 0 Å². The Labute approximate surface area is 112 Å². The quantitative estimate of drug-likeness (QED) is 0.903. The summed E-state index contributed by atoms with van der Waals surface area (Å²) in [5.41, 5.74) is -0.318. The second-order valence-electron chi connectivity index (χ2n) is 4.12. The lowest BCUT2D eigenvalue weighted by atomic mass is 10.1. The first-order chi connectivity index (χ1) is 8.91. The Kier molecular flexibility index (Phi) is 3.75. The van der Waals surface area contributed by atoms with Crippen molar-refractivity contribution in [1.29, 1.82) is 0 Å². The Morgan fingerprint density at radius 1 is 1.42 bits per heavy atom. The summed E-state index contributed by atoms with van der Waals surface area (Å²) in [5.74, 6) is -3.38. The molecule has 1 aromatic carbocycles. The van der Waals surface area contributed by atoms with Crippen molar-refractivity contribution in [2.75, 3.05) is 5.75 Å². The predicted molar refractivity (Wildman–Crippen MR) is 65.9 cm³/mol. The highest BCUT2D eigenvalue weighted by Gasteiger charge is 2.40. The van der Waals surface area contributed by atoms with Gasteiger partial charge in [0.2, 0.25) is 0 Å². The van der Waals surface area contributed by atoms with E-state index >= 15 is 0 Å². The van der Waals surface area contributed by atoms with Crippen molar-refractivity contribution in [3.05, 3.63) is 35.4 Å². The Morgan fingerprint density at radius 2 is 2.11 bits per heavy atom. The number of aliphatic carboxylic acids is 1. The number of benzene rings is 1. The fourth-order valence-corrected chi connectivity index (χ4v) is 3.11. The van der Waals surface area contributed by atoms with E-state index in [1.807, 2.05) is 0 Å². The van der Waals surface area contributed by atoms with Crippen LogP contribution in [-0.2, 0) is 4.79 Å². The van der Waals surface area contributed by atoms with E-state index in [1.54, 1.807) is 6.92 Å². The lowest BCUT2D eigenvalue weighted by Gasteiger charge is -2.25. The number of carbonyl (C=O) groups is 2. The van der Waals surface area contributed by atoms with E-state index in [0.29, 0.717) is 6.07 Å². The number of carbonyl (C=O) groups excluding carboxylic acids is 1. The summed E-state index contributed by atoms with van der Waals surface area (Å²) < 4.78 is 26.4. The molecule has 1 aromatic rings. The minimum Gasteiger partial charge on any atom is -0.480 e. The Bertz CT molecular complexity index is 538. The number of amides is 1. The van der Waals surface area contributed by atoms with Gasteiger partial charge in [0.05, 0.1) is 10.9 Å². The van der Waals surface area contributed by atoms with Gasteiger partial charge in [-0.15, -0.1) is 11.8 Å². The van der Waals surface area contributed by atoms with E-state index in [0.717, 1.165) is 17.0 Å². The number of nitrogens with zero attached hydrogens (tertiary/aromatic N) is 1. The molecule has 1 heterocycles. The van der Waals surface area contributed by atoms with E-state index < -0.39 is 29.6 Å². The van der Waals surface area contributed by atoms with Crippen LogP contribution >= 0.6 is 11.8 Å². The smallest absolute Gasteiger partial charge is 0.327 e. The molecule has 0 radical (unpaired) electrons. The maximum Gasteiger partial charge on any atom is 0.327 e. The van der Waals surface area contributed by atoms with Crippen LogP contribution in [0, 0.1) is 11.6 Å². The molecule has 19 heavy (non-hydrogen) atoms. The van der Waals surface area contributed by atoms with Gasteiger partial charge >= 0.3 is 5.97 Å². The van der Waals surface area contributed by atoms with Crippen molar-refractivity contribution in [2.45, 2.75) is 18.3 Å². The van der Waals surface area contributed by atoms with Gasteiger partial charge in [-0.25, -0.2) is 13.6 Å². The molecule has 7 heteroatoms. The largest absolute Gasteiger partial charge is 0.480 e. The third-order valence-corrected chi connectivity index (χ3v) is 4.12. The minimum atomic E-state index is -1.13. The number of rotatable bonds is 2. The van der Waals surface area contributed by atoms with Gasteiger partial charge < -0.3 is 10.0 Å². The molecule has 102 valence electrons. The molecule has 0 spiro atoms. The van der Waals surface area contributed by atoms with Gasteiger partial charge in [-0.3, -0.25) is 4.79 Å². The number of hydrogen-bond acceptors (Lipinski definition) is 3. The highest BCUT2D eigenvalue weighted by molar-refractivity contribution is 8.00. The van der Waals surface area contributed by atoms with E-state index in [4.69, 9.17) is 5.11 Å². The van der Waals surface area contributed by atoms with Crippen molar-refractivity contribution < 1.29 is 23.5 Å². The van der Waals surface area contributed by atoms with Crippen molar-refractivity contribution >= 4 is 23.6 Å². The number of carboxylic acid groups (broad SMARTS) is 1. The zero-order chi connectivity index (χ0) is 14.2. The molecular formula is C12H11F2NO3S. The lowest BCUT2D eigenvalue weighted by Crippen LogP contribution is -2.45. The van der Waals surface area contributed by atoms with Crippen LogP contribution < -0.4 is 0 Å². The summed E-state index contributed by atoms with van der Waals surface area (Å²) in [7, 11) is 0. The van der Waals surface area contributed by atoms with Crippen LogP contribution in [0.1, 0.15) is 17.3 Å². The fourth-order valence-electron chi connectivity index (χ4n) is 1.94. The number of hydrogen-bond donors (Lipinski definition) is 1. The van der Waals surface area contributed by atoms with E-state index in [2.05, 4.69) is 0 Å². The molecule has 0 aromatic heterocycles. The molecule has 1 N–H and O–H groups in total. The van der Waals surface area contributed by atoms with Crippen molar-refractivity contribution in [1.82, 2.24) is 4.90 Å². The second kappa shape index (κ2) is 5.16. The zero-order valence-corrected chi connectivity index (χ0v) is 10.8. The minimum absolute atomic E-state index is 0.255. The van der Waals surface area contributed by atoms with Crippen LogP contribution in [-0.4, -0.2) is 39.1 Å². The number of thioether (sulfide) groups is 1. The summed E-state index contributed by atoms with van der Waals surface area (Å²) in [6.45, 7) is 1.67. The third kappa shape index (κ3) is 2.56. The highest BCUT2D eigenvalue weighted by atomic mass is 32.2. The summed E-state index contributed by atoms with van der Waals surface area (Å²) in [5, 5.41) is 8.69. The van der Waals surface area contributed by atoms with Gasteiger partial charge in [0.25, 0.3) is 5.91 Å². The first-order valence-electron chi connectivity index (χ1n) is 5.54. The molecule has 4 nitrogen and oxygen atoms in total. The maximum atomic E-state index is 13.6. The van der Waals surface area contributed by atoms with E-state index in [-0.39, 0.29) is 16.7 Å². The SMILES string of the molecule is CC1SCC(C(=O)O)N1C(=O)c1ccc(F)cc1F. The van der Waals surface area contributed by atoms with Gasteiger partial charge in [-0.05, 0) is 19.1 Å². The summed E-state index contributed by atoms with van der Waals surface area (Å²) in [6, 6.07) is 1.62. The van der Waals surface area contributed by atoms with Crippen LogP contribution in [0.5, 0.6) is 0 Å². The second-order valence-corrected chi connectivity index (χ2v) is 5.47. The molecule has 1 fully saturated rings. The number of halogens is 2. The Hall–Kier alpha value is -1.63. The lowest BCUT2D eigenvalue weighted by molar-refractivity contribution is -0.141. The topological polar surface area (TPSA) is 57.6 Å². The van der Waals surface area contributed by atoms with Crippen LogP contribution in [0.3, 0.4) is 0 Å². The first-order valence-corrected chi connectivity index (χ1v) is 6.59. The monoisotopic (exact) mass is 287 g/mol. The zero-order valence-electron chi connectivity index (χ0n) is 9.97. The van der Waals surface area contributed by atoms with E-state index in [1.165, 1.54) is 11.8 Å². The normalized spacial score (nSPS) is 22.6. The van der Waals surface area contributed by atoms with E-state index in [9.17, 15) is 18.4 Å². The van der Waals surface area contributed by atoms with Gasteiger partial charge in [-0.1, -0.05) is 0 Å². The standard InChI is InChI=1S/C12H11F2NO3S/c1-6-15(10(5-19-6)12(17)18)11(16)8-3-2-7(13)4-9(8)14/h2-4,6,10H,5H2,1H3,(H,17,18). The van der Waals surface area contributed by atoms with Gasteiger partial charge in [-0.2, -0.15) is 0 Å². The first kappa shape index (κ1) is 13.8. The Morgan fingerprint density at radius 3 is 2.68 bits per heavy atom. The van der Waals surface area contributed by atoms with Crippen LogP contribution in [0.25, 0.3) is 0 Å². The summed E-state index contributed by atoms with van der Waals surface area (Å²) >= 11 is 1.30. The molecule has 2 atom stereocenters. The molecule has 2 rings (SSSR count). The molecule has 0 saturated carbocycles. The molecule has 0 bridgehead atoms. The molecule has 1 aliphatic heterocycles. The molecule has 1 aliphatic rings. The summed E-state index contributed by atoms with van der Waals surface area (Å²) in [6.07, 6.45) is 0.